The number of hydrogen-bond donors (Lipinski definition) is 2. The molecule has 1 aliphatic heterocycles. The number of halogens is 1. The summed E-state index contributed by atoms with van der Waals surface area (Å²) in [5, 5.41) is 12.0. The summed E-state index contributed by atoms with van der Waals surface area (Å²) >= 11 is 0. The highest BCUT2D eigenvalue weighted by molar-refractivity contribution is 5.85. The molecule has 2 fully saturated rings. The topological polar surface area (TPSA) is 49.3 Å². The van der Waals surface area contributed by atoms with Gasteiger partial charge in [-0.25, -0.2) is 0 Å². The van der Waals surface area contributed by atoms with E-state index in [-0.39, 0.29) is 18.4 Å². The highest BCUT2D eigenvalue weighted by Crippen LogP contribution is 2.35. The molecule has 1 heterocycles. The van der Waals surface area contributed by atoms with Crippen LogP contribution < -0.4 is 5.32 Å². The fourth-order valence-electron chi connectivity index (χ4n) is 2.73. The minimum Gasteiger partial charge on any atom is -0.480 e. The summed E-state index contributed by atoms with van der Waals surface area (Å²) in [4.78, 5) is 10.8. The van der Waals surface area contributed by atoms with Crippen molar-refractivity contribution >= 4 is 18.4 Å². The summed E-state index contributed by atoms with van der Waals surface area (Å²) in [5.41, 5.74) is 0. The van der Waals surface area contributed by atoms with Crippen molar-refractivity contribution in [3.05, 3.63) is 0 Å². The molecule has 3 atom stereocenters. The fraction of sp³-hybridized carbons (Fsp3) is 0.900. The van der Waals surface area contributed by atoms with E-state index in [9.17, 15) is 4.79 Å². The van der Waals surface area contributed by atoms with Gasteiger partial charge >= 0.3 is 5.97 Å². The van der Waals surface area contributed by atoms with Gasteiger partial charge in [0.1, 0.15) is 6.04 Å². The average molecular weight is 220 g/mol. The maximum absolute atomic E-state index is 10.8. The van der Waals surface area contributed by atoms with Crippen molar-refractivity contribution < 1.29 is 9.90 Å². The van der Waals surface area contributed by atoms with Gasteiger partial charge in [0, 0.05) is 0 Å². The van der Waals surface area contributed by atoms with E-state index in [2.05, 4.69) is 5.32 Å². The Morgan fingerprint density at radius 2 is 1.86 bits per heavy atom. The highest BCUT2D eigenvalue weighted by atomic mass is 35.5. The van der Waals surface area contributed by atoms with Crippen LogP contribution >= 0.6 is 12.4 Å². The second-order valence-corrected chi connectivity index (χ2v) is 4.34. The van der Waals surface area contributed by atoms with Gasteiger partial charge in [0.2, 0.25) is 0 Å². The van der Waals surface area contributed by atoms with E-state index >= 15 is 0 Å². The second-order valence-electron chi connectivity index (χ2n) is 4.34. The van der Waals surface area contributed by atoms with E-state index in [0.717, 1.165) is 18.9 Å². The smallest absolute Gasteiger partial charge is 0.320 e. The highest BCUT2D eigenvalue weighted by Gasteiger charge is 2.34. The van der Waals surface area contributed by atoms with Crippen LogP contribution in [0.15, 0.2) is 0 Å². The molecule has 0 spiro atoms. The largest absolute Gasteiger partial charge is 0.480 e. The zero-order valence-electron chi connectivity index (χ0n) is 8.24. The third kappa shape index (κ3) is 2.39. The molecule has 0 aromatic carbocycles. The Morgan fingerprint density at radius 3 is 2.50 bits per heavy atom. The first-order chi connectivity index (χ1) is 6.27. The van der Waals surface area contributed by atoms with Gasteiger partial charge < -0.3 is 10.4 Å². The molecule has 1 aliphatic carbocycles. The molecule has 4 heteroatoms. The first kappa shape index (κ1) is 11.8. The SMILES string of the molecule is Cl.O=C(O)[C@H]1C[C@@H]2CCCC[C@@H]2CN1. The summed E-state index contributed by atoms with van der Waals surface area (Å²) in [6.07, 6.45) is 6.02. The maximum Gasteiger partial charge on any atom is 0.320 e. The number of aliphatic carboxylic acids is 1. The molecule has 0 aromatic rings. The number of carbonyl (C=O) groups is 1. The quantitative estimate of drug-likeness (QED) is 0.705. The third-order valence-electron chi connectivity index (χ3n) is 3.53. The number of carboxylic acids is 1. The Kier molecular flexibility index (Phi) is 4.20. The van der Waals surface area contributed by atoms with Crippen LogP contribution in [0.2, 0.25) is 0 Å². The molecule has 2 N–H and O–H groups in total. The van der Waals surface area contributed by atoms with Crippen LogP contribution in [0, 0.1) is 11.8 Å². The molecule has 1 saturated carbocycles. The number of nitrogens with one attached hydrogen (secondary N) is 1. The van der Waals surface area contributed by atoms with E-state index in [1.165, 1.54) is 25.7 Å². The molecule has 0 aromatic heterocycles. The molecule has 14 heavy (non-hydrogen) atoms. The van der Waals surface area contributed by atoms with Crippen LogP contribution in [-0.4, -0.2) is 23.7 Å². The van der Waals surface area contributed by atoms with Crippen LogP contribution in [0.25, 0.3) is 0 Å². The lowest BCUT2D eigenvalue weighted by molar-refractivity contribution is -0.141. The first-order valence-electron chi connectivity index (χ1n) is 5.23. The average Bonchev–Trinajstić information content (AvgIpc) is 2.17. The molecular weight excluding hydrogens is 202 g/mol. The van der Waals surface area contributed by atoms with Crippen molar-refractivity contribution in [3.63, 3.8) is 0 Å². The van der Waals surface area contributed by atoms with Crippen molar-refractivity contribution in [1.29, 1.82) is 0 Å². The minimum atomic E-state index is -0.677. The fourth-order valence-corrected chi connectivity index (χ4v) is 2.73. The van der Waals surface area contributed by atoms with Gasteiger partial charge in [-0.05, 0) is 31.2 Å². The van der Waals surface area contributed by atoms with E-state index < -0.39 is 5.97 Å². The molecule has 2 rings (SSSR count). The standard InChI is InChI=1S/C10H17NO2.ClH/c12-10(13)9-5-7-3-1-2-4-8(7)6-11-9;/h7-9,11H,1-6H2,(H,12,13);1H/t7-,8+,9+;/m0./s1. The van der Waals surface area contributed by atoms with Gasteiger partial charge in [-0.1, -0.05) is 19.3 Å². The molecule has 2 aliphatic rings. The van der Waals surface area contributed by atoms with Crippen LogP contribution in [-0.2, 0) is 4.79 Å². The lowest BCUT2D eigenvalue weighted by Crippen LogP contribution is -2.48. The predicted molar refractivity (Wildman–Crippen MR) is 56.7 cm³/mol. The Balaban J connectivity index is 0.000000980. The van der Waals surface area contributed by atoms with Crippen LogP contribution in [0.3, 0.4) is 0 Å². The normalized spacial score (nSPS) is 36.7. The summed E-state index contributed by atoms with van der Waals surface area (Å²) in [6.45, 7) is 0.918. The van der Waals surface area contributed by atoms with Crippen molar-refractivity contribution in [2.24, 2.45) is 11.8 Å². The van der Waals surface area contributed by atoms with Crippen molar-refractivity contribution in [3.8, 4) is 0 Å². The van der Waals surface area contributed by atoms with Gasteiger partial charge in [-0.2, -0.15) is 0 Å². The second kappa shape index (κ2) is 4.99. The van der Waals surface area contributed by atoms with Crippen LogP contribution in [0.1, 0.15) is 32.1 Å². The third-order valence-corrected chi connectivity index (χ3v) is 3.53. The van der Waals surface area contributed by atoms with Crippen molar-refractivity contribution in [2.45, 2.75) is 38.1 Å². The lowest BCUT2D eigenvalue weighted by atomic mass is 9.74. The molecule has 0 bridgehead atoms. The number of hydrogen-bond acceptors (Lipinski definition) is 2. The summed E-state index contributed by atoms with van der Waals surface area (Å²) < 4.78 is 0. The predicted octanol–water partition coefficient (Wildman–Crippen LogP) is 1.66. The summed E-state index contributed by atoms with van der Waals surface area (Å²) in [7, 11) is 0. The summed E-state index contributed by atoms with van der Waals surface area (Å²) in [5.74, 6) is 0.754. The van der Waals surface area contributed by atoms with Gasteiger partial charge in [-0.15, -0.1) is 12.4 Å². The monoisotopic (exact) mass is 219 g/mol. The Morgan fingerprint density at radius 1 is 1.21 bits per heavy atom. The minimum absolute atomic E-state index is 0. The van der Waals surface area contributed by atoms with Gasteiger partial charge in [-0.3, -0.25) is 4.79 Å². The number of rotatable bonds is 1. The van der Waals surface area contributed by atoms with Crippen molar-refractivity contribution in [1.82, 2.24) is 5.32 Å². The number of carboxylic acid groups (broad SMARTS) is 1. The van der Waals surface area contributed by atoms with Crippen molar-refractivity contribution in [2.75, 3.05) is 6.54 Å². The van der Waals surface area contributed by atoms with Crippen LogP contribution in [0.5, 0.6) is 0 Å². The first-order valence-corrected chi connectivity index (χ1v) is 5.23. The van der Waals surface area contributed by atoms with E-state index in [4.69, 9.17) is 5.11 Å². The molecular formula is C10H18ClNO2. The molecule has 3 nitrogen and oxygen atoms in total. The molecule has 82 valence electrons. The lowest BCUT2D eigenvalue weighted by Gasteiger charge is -2.38. The van der Waals surface area contributed by atoms with E-state index in [0.29, 0.717) is 5.92 Å². The number of fused-ring (bicyclic) bond motifs is 1. The summed E-state index contributed by atoms with van der Waals surface area (Å²) in [6, 6.07) is -0.278. The molecule has 1 saturated heterocycles. The molecule has 0 unspecified atom stereocenters. The maximum atomic E-state index is 10.8. The van der Waals surface area contributed by atoms with Gasteiger partial charge in [0.25, 0.3) is 0 Å². The Labute approximate surface area is 90.7 Å². The number of piperidine rings is 1. The molecule has 0 amide bonds. The Hall–Kier alpha value is -0.280. The van der Waals surface area contributed by atoms with E-state index in [1.807, 2.05) is 0 Å². The van der Waals surface area contributed by atoms with Gasteiger partial charge in [0.15, 0.2) is 0 Å². The zero-order chi connectivity index (χ0) is 9.26. The molecule has 0 radical (unpaired) electrons. The zero-order valence-corrected chi connectivity index (χ0v) is 9.05. The Bertz CT molecular complexity index is 210. The van der Waals surface area contributed by atoms with Crippen LogP contribution in [0.4, 0.5) is 0 Å². The van der Waals surface area contributed by atoms with E-state index in [1.54, 1.807) is 0 Å². The van der Waals surface area contributed by atoms with Gasteiger partial charge in [0.05, 0.1) is 0 Å².